The zero-order chi connectivity index (χ0) is 26.2. The van der Waals surface area contributed by atoms with E-state index in [4.69, 9.17) is 10.5 Å². The molecule has 1 aliphatic heterocycles. The number of carbonyl (C=O) groups is 2. The number of rotatable bonds is 9. The highest BCUT2D eigenvalue weighted by molar-refractivity contribution is 6.33. The van der Waals surface area contributed by atoms with E-state index in [-0.39, 0.29) is 17.2 Å². The van der Waals surface area contributed by atoms with Gasteiger partial charge in [0.2, 0.25) is 0 Å². The average Bonchev–Trinajstić information content (AvgIpc) is 3.25. The Bertz CT molecular complexity index is 1410. The molecule has 8 nitrogen and oxygen atoms in total. The van der Waals surface area contributed by atoms with Crippen LogP contribution >= 0.6 is 0 Å². The molecule has 0 saturated heterocycles. The fourth-order valence-corrected chi connectivity index (χ4v) is 3.97. The molecule has 0 aliphatic carbocycles. The van der Waals surface area contributed by atoms with Gasteiger partial charge in [-0.1, -0.05) is 42.5 Å². The van der Waals surface area contributed by atoms with E-state index in [1.54, 1.807) is 18.2 Å². The van der Waals surface area contributed by atoms with E-state index in [1.807, 2.05) is 59.5 Å². The molecule has 3 aromatic rings. The zero-order valence-corrected chi connectivity index (χ0v) is 19.9. The summed E-state index contributed by atoms with van der Waals surface area (Å²) >= 11 is 0. The van der Waals surface area contributed by atoms with E-state index in [9.17, 15) is 14.7 Å². The van der Waals surface area contributed by atoms with Crippen LogP contribution in [0.4, 0.5) is 11.4 Å². The standard InChI is InChI=1S/C29H23N5O3/c30-16-4-18-33(19-5-17-31)24-12-8-21(9-13-24)20-26-28(35)34(25-14-10-23(11-15-25)29(36)37)27(32-26)22-6-2-1-3-7-22/h1-3,6-15,20H,4-5,18-19H2,(H,36,37)/b26-20+. The summed E-state index contributed by atoms with van der Waals surface area (Å²) < 4.78 is 0. The maximum Gasteiger partial charge on any atom is 0.335 e. The summed E-state index contributed by atoms with van der Waals surface area (Å²) in [6.45, 7) is 1.05. The molecule has 0 aromatic heterocycles. The van der Waals surface area contributed by atoms with Crippen LogP contribution in [-0.4, -0.2) is 35.9 Å². The molecule has 0 radical (unpaired) electrons. The predicted molar refractivity (Wildman–Crippen MR) is 141 cm³/mol. The molecule has 1 heterocycles. The Labute approximate surface area is 214 Å². The van der Waals surface area contributed by atoms with E-state index >= 15 is 0 Å². The Balaban J connectivity index is 1.66. The Morgan fingerprint density at radius 2 is 1.54 bits per heavy atom. The maximum atomic E-state index is 13.5. The Kier molecular flexibility index (Phi) is 7.72. The second-order valence-corrected chi connectivity index (χ2v) is 8.22. The first-order chi connectivity index (χ1) is 18.0. The number of hydrogen-bond acceptors (Lipinski definition) is 6. The summed E-state index contributed by atoms with van der Waals surface area (Å²) in [5, 5.41) is 27.1. The van der Waals surface area contributed by atoms with Crippen LogP contribution in [0.5, 0.6) is 0 Å². The summed E-state index contributed by atoms with van der Waals surface area (Å²) in [5.74, 6) is -0.912. The summed E-state index contributed by atoms with van der Waals surface area (Å²) in [5.41, 5.74) is 3.30. The highest BCUT2D eigenvalue weighted by Gasteiger charge is 2.32. The number of aromatic carboxylic acids is 1. The zero-order valence-electron chi connectivity index (χ0n) is 19.9. The predicted octanol–water partition coefficient (Wildman–Crippen LogP) is 4.85. The molecule has 0 unspecified atom stereocenters. The molecule has 0 saturated carbocycles. The number of nitriles is 2. The number of benzene rings is 3. The third-order valence-electron chi connectivity index (χ3n) is 5.81. The van der Waals surface area contributed by atoms with Crippen LogP contribution in [0.3, 0.4) is 0 Å². The smallest absolute Gasteiger partial charge is 0.335 e. The lowest BCUT2D eigenvalue weighted by Crippen LogP contribution is -2.32. The van der Waals surface area contributed by atoms with E-state index < -0.39 is 5.97 Å². The lowest BCUT2D eigenvalue weighted by molar-refractivity contribution is -0.113. The van der Waals surface area contributed by atoms with E-state index in [0.29, 0.717) is 37.5 Å². The van der Waals surface area contributed by atoms with Crippen LogP contribution in [0.2, 0.25) is 0 Å². The Morgan fingerprint density at radius 3 is 2.11 bits per heavy atom. The number of amidine groups is 1. The van der Waals surface area contributed by atoms with Gasteiger partial charge < -0.3 is 10.0 Å². The van der Waals surface area contributed by atoms with Crippen molar-refractivity contribution in [3.05, 3.63) is 101 Å². The van der Waals surface area contributed by atoms with Gasteiger partial charge >= 0.3 is 5.97 Å². The second-order valence-electron chi connectivity index (χ2n) is 8.22. The first-order valence-corrected chi connectivity index (χ1v) is 11.6. The van der Waals surface area contributed by atoms with Crippen molar-refractivity contribution in [2.24, 2.45) is 4.99 Å². The molecular formula is C29H23N5O3. The van der Waals surface area contributed by atoms with Gasteiger partial charge in [0.1, 0.15) is 11.5 Å². The van der Waals surface area contributed by atoms with Crippen molar-refractivity contribution in [2.75, 3.05) is 22.9 Å². The quantitative estimate of drug-likeness (QED) is 0.429. The molecule has 3 aromatic carbocycles. The van der Waals surface area contributed by atoms with Crippen molar-refractivity contribution in [3.8, 4) is 12.1 Å². The van der Waals surface area contributed by atoms with Crippen LogP contribution in [0, 0.1) is 22.7 Å². The average molecular weight is 490 g/mol. The summed E-state index contributed by atoms with van der Waals surface area (Å²) in [6, 6.07) is 27.2. The fourth-order valence-electron chi connectivity index (χ4n) is 3.97. The lowest BCUT2D eigenvalue weighted by atomic mass is 10.1. The number of nitrogens with zero attached hydrogens (tertiary/aromatic N) is 5. The molecule has 1 amide bonds. The van der Waals surface area contributed by atoms with E-state index in [2.05, 4.69) is 17.1 Å². The van der Waals surface area contributed by atoms with Gasteiger partial charge in [0.05, 0.1) is 36.2 Å². The van der Waals surface area contributed by atoms with Crippen LogP contribution in [0.15, 0.2) is 89.6 Å². The highest BCUT2D eigenvalue weighted by Crippen LogP contribution is 2.28. The molecule has 182 valence electrons. The van der Waals surface area contributed by atoms with Gasteiger partial charge in [0, 0.05) is 24.3 Å². The lowest BCUT2D eigenvalue weighted by Gasteiger charge is -2.22. The molecule has 37 heavy (non-hydrogen) atoms. The number of carboxylic acid groups (broad SMARTS) is 1. The van der Waals surface area contributed by atoms with Crippen molar-refractivity contribution in [1.82, 2.24) is 0 Å². The molecule has 0 bridgehead atoms. The third kappa shape index (κ3) is 5.72. The number of hydrogen-bond donors (Lipinski definition) is 1. The number of carboxylic acids is 1. The van der Waals surface area contributed by atoms with Crippen LogP contribution in [-0.2, 0) is 4.79 Å². The summed E-state index contributed by atoms with van der Waals surface area (Å²) in [6.07, 6.45) is 2.41. The second kappa shape index (κ2) is 11.5. The monoisotopic (exact) mass is 489 g/mol. The van der Waals surface area contributed by atoms with Crippen LogP contribution < -0.4 is 9.80 Å². The minimum atomic E-state index is -1.04. The number of amides is 1. The van der Waals surface area contributed by atoms with Crippen LogP contribution in [0.25, 0.3) is 6.08 Å². The fraction of sp³-hybridized carbons (Fsp3) is 0.138. The SMILES string of the molecule is N#CCCN(CCC#N)c1ccc(/C=C2/N=C(c3ccccc3)N(c3ccc(C(=O)O)cc3)C2=O)cc1. The van der Waals surface area contributed by atoms with Crippen molar-refractivity contribution in [2.45, 2.75) is 12.8 Å². The molecule has 0 atom stereocenters. The third-order valence-corrected chi connectivity index (χ3v) is 5.81. The highest BCUT2D eigenvalue weighted by atomic mass is 16.4. The van der Waals surface area contributed by atoms with Crippen molar-refractivity contribution in [3.63, 3.8) is 0 Å². The minimum Gasteiger partial charge on any atom is -0.478 e. The van der Waals surface area contributed by atoms with E-state index in [0.717, 1.165) is 16.8 Å². The first kappa shape index (κ1) is 24.9. The number of anilines is 2. The van der Waals surface area contributed by atoms with Gasteiger partial charge in [-0.2, -0.15) is 10.5 Å². The largest absolute Gasteiger partial charge is 0.478 e. The molecule has 0 fully saturated rings. The van der Waals surface area contributed by atoms with Crippen LogP contribution in [0.1, 0.15) is 34.3 Å². The van der Waals surface area contributed by atoms with Gasteiger partial charge in [-0.15, -0.1) is 0 Å². The van der Waals surface area contributed by atoms with E-state index in [1.165, 1.54) is 17.0 Å². The Morgan fingerprint density at radius 1 is 0.919 bits per heavy atom. The summed E-state index contributed by atoms with van der Waals surface area (Å²) in [4.78, 5) is 32.9. The van der Waals surface area contributed by atoms with Gasteiger partial charge in [-0.25, -0.2) is 9.79 Å². The molecule has 8 heteroatoms. The van der Waals surface area contributed by atoms with Crippen molar-refractivity contribution >= 4 is 35.2 Å². The number of aliphatic imine (C=N–C) groups is 1. The Hall–Kier alpha value is -5.21. The first-order valence-electron chi connectivity index (χ1n) is 11.6. The molecule has 1 N–H and O–H groups in total. The summed E-state index contributed by atoms with van der Waals surface area (Å²) in [7, 11) is 0. The molecule has 4 rings (SSSR count). The maximum absolute atomic E-state index is 13.5. The van der Waals surface area contributed by atoms with Gasteiger partial charge in [0.25, 0.3) is 5.91 Å². The van der Waals surface area contributed by atoms with Crippen molar-refractivity contribution in [1.29, 1.82) is 10.5 Å². The topological polar surface area (TPSA) is 121 Å². The molecule has 0 spiro atoms. The molecular weight excluding hydrogens is 466 g/mol. The normalized spacial score (nSPS) is 13.7. The van der Waals surface area contributed by atoms with Crippen molar-refractivity contribution < 1.29 is 14.7 Å². The molecule has 1 aliphatic rings. The minimum absolute atomic E-state index is 0.128. The van der Waals surface area contributed by atoms with Gasteiger partial charge in [-0.05, 0) is 48.0 Å². The van der Waals surface area contributed by atoms with Gasteiger partial charge in [0.15, 0.2) is 0 Å². The number of carbonyl (C=O) groups excluding carboxylic acids is 1. The van der Waals surface area contributed by atoms with Gasteiger partial charge in [-0.3, -0.25) is 9.69 Å².